The minimum absolute atomic E-state index is 0.164. The van der Waals surface area contributed by atoms with Crippen LogP contribution in [0, 0.1) is 6.92 Å². The minimum atomic E-state index is -0.507. The number of Topliss-reactive ketones (excluding diaryl/α,β-unsaturated/α-hetero) is 1. The van der Waals surface area contributed by atoms with Crippen molar-refractivity contribution in [2.24, 2.45) is 0 Å². The fourth-order valence-corrected chi connectivity index (χ4v) is 2.95. The Labute approximate surface area is 142 Å². The predicted molar refractivity (Wildman–Crippen MR) is 94.0 cm³/mol. The summed E-state index contributed by atoms with van der Waals surface area (Å²) in [4.78, 5) is 24.0. The van der Waals surface area contributed by atoms with Crippen molar-refractivity contribution >= 4 is 17.8 Å². The van der Waals surface area contributed by atoms with Crippen molar-refractivity contribution in [1.82, 2.24) is 0 Å². The van der Waals surface area contributed by atoms with Crippen LogP contribution in [0.1, 0.15) is 39.0 Å². The van der Waals surface area contributed by atoms with Gasteiger partial charge in [0.1, 0.15) is 0 Å². The molecule has 0 saturated heterocycles. The van der Waals surface area contributed by atoms with E-state index in [1.54, 1.807) is 6.08 Å². The third-order valence-electron chi connectivity index (χ3n) is 4.35. The van der Waals surface area contributed by atoms with Crippen LogP contribution in [0.5, 0.6) is 0 Å². The third-order valence-corrected chi connectivity index (χ3v) is 4.35. The SMILES string of the molecule is Cc1ccccc1/C=C/C(=O)OCC(=O)c1ccc2c(c1)CCC2. The number of carbonyl (C=O) groups excluding carboxylic acids is 2. The quantitative estimate of drug-likeness (QED) is 0.476. The van der Waals surface area contributed by atoms with E-state index in [-0.39, 0.29) is 12.4 Å². The second kappa shape index (κ2) is 7.26. The van der Waals surface area contributed by atoms with Crippen LogP contribution in [0.3, 0.4) is 0 Å². The van der Waals surface area contributed by atoms with Gasteiger partial charge in [0, 0.05) is 11.6 Å². The van der Waals surface area contributed by atoms with Gasteiger partial charge in [-0.05, 0) is 60.6 Å². The first kappa shape index (κ1) is 16.2. The molecule has 3 nitrogen and oxygen atoms in total. The Balaban J connectivity index is 1.56. The Morgan fingerprint density at radius 1 is 1.08 bits per heavy atom. The zero-order valence-electron chi connectivity index (χ0n) is 13.7. The summed E-state index contributed by atoms with van der Waals surface area (Å²) in [5.41, 5.74) is 5.22. The number of ether oxygens (including phenoxy) is 1. The molecule has 0 bridgehead atoms. The molecule has 1 aliphatic carbocycles. The van der Waals surface area contributed by atoms with E-state index in [4.69, 9.17) is 4.74 Å². The molecule has 3 heteroatoms. The summed E-state index contributed by atoms with van der Waals surface area (Å²) >= 11 is 0. The molecule has 0 aromatic heterocycles. The molecule has 0 heterocycles. The average Bonchev–Trinajstić information content (AvgIpc) is 3.06. The highest BCUT2D eigenvalue weighted by Gasteiger charge is 2.14. The summed E-state index contributed by atoms with van der Waals surface area (Å²) in [7, 11) is 0. The maximum absolute atomic E-state index is 12.2. The number of hydrogen-bond donors (Lipinski definition) is 0. The van der Waals surface area contributed by atoms with E-state index < -0.39 is 5.97 Å². The second-order valence-corrected chi connectivity index (χ2v) is 6.06. The highest BCUT2D eigenvalue weighted by molar-refractivity contribution is 5.99. The molecule has 2 aromatic rings. The van der Waals surface area contributed by atoms with Crippen LogP contribution in [-0.4, -0.2) is 18.4 Å². The number of ketones is 1. The zero-order chi connectivity index (χ0) is 16.9. The number of esters is 1. The molecular weight excluding hydrogens is 300 g/mol. The monoisotopic (exact) mass is 320 g/mol. The highest BCUT2D eigenvalue weighted by Crippen LogP contribution is 2.23. The second-order valence-electron chi connectivity index (χ2n) is 6.06. The number of aryl methyl sites for hydroxylation is 3. The predicted octanol–water partition coefficient (Wildman–Crippen LogP) is 3.92. The molecule has 0 N–H and O–H groups in total. The van der Waals surface area contributed by atoms with Gasteiger partial charge in [-0.25, -0.2) is 4.79 Å². The third kappa shape index (κ3) is 3.80. The zero-order valence-corrected chi connectivity index (χ0v) is 13.7. The fourth-order valence-electron chi connectivity index (χ4n) is 2.95. The van der Waals surface area contributed by atoms with Gasteiger partial charge in [-0.15, -0.1) is 0 Å². The molecule has 0 saturated carbocycles. The molecule has 3 rings (SSSR count). The van der Waals surface area contributed by atoms with Crippen LogP contribution in [0.15, 0.2) is 48.5 Å². The largest absolute Gasteiger partial charge is 0.454 e. The lowest BCUT2D eigenvalue weighted by Crippen LogP contribution is -2.12. The first-order valence-corrected chi connectivity index (χ1v) is 8.19. The smallest absolute Gasteiger partial charge is 0.331 e. The van der Waals surface area contributed by atoms with Crippen molar-refractivity contribution in [3.63, 3.8) is 0 Å². The number of fused-ring (bicyclic) bond motifs is 1. The van der Waals surface area contributed by atoms with Crippen molar-refractivity contribution in [3.05, 3.63) is 76.4 Å². The maximum atomic E-state index is 12.2. The number of carbonyl (C=O) groups is 2. The molecule has 2 aromatic carbocycles. The summed E-state index contributed by atoms with van der Waals surface area (Å²) in [6.07, 6.45) is 6.32. The minimum Gasteiger partial charge on any atom is -0.454 e. The van der Waals surface area contributed by atoms with Crippen molar-refractivity contribution < 1.29 is 14.3 Å². The van der Waals surface area contributed by atoms with Crippen LogP contribution >= 0.6 is 0 Å². The van der Waals surface area contributed by atoms with Crippen LogP contribution in [0.25, 0.3) is 6.08 Å². The van der Waals surface area contributed by atoms with Gasteiger partial charge in [-0.3, -0.25) is 4.79 Å². The fraction of sp³-hybridized carbons (Fsp3) is 0.238. The first-order chi connectivity index (χ1) is 11.6. The Bertz CT molecular complexity index is 802. The van der Waals surface area contributed by atoms with Gasteiger partial charge >= 0.3 is 5.97 Å². The molecule has 0 spiro atoms. The molecule has 1 aliphatic rings. The topological polar surface area (TPSA) is 43.4 Å². The number of rotatable bonds is 5. The Morgan fingerprint density at radius 3 is 2.71 bits per heavy atom. The molecule has 122 valence electrons. The van der Waals surface area contributed by atoms with Gasteiger partial charge in [0.25, 0.3) is 0 Å². The molecule has 0 fully saturated rings. The first-order valence-electron chi connectivity index (χ1n) is 8.19. The molecule has 24 heavy (non-hydrogen) atoms. The summed E-state index contributed by atoms with van der Waals surface area (Å²) in [5, 5.41) is 0. The number of hydrogen-bond acceptors (Lipinski definition) is 3. The van der Waals surface area contributed by atoms with Crippen molar-refractivity contribution in [2.45, 2.75) is 26.2 Å². The van der Waals surface area contributed by atoms with Crippen LogP contribution in [-0.2, 0) is 22.4 Å². The average molecular weight is 320 g/mol. The van der Waals surface area contributed by atoms with E-state index in [0.29, 0.717) is 5.56 Å². The van der Waals surface area contributed by atoms with Crippen LogP contribution < -0.4 is 0 Å². The van der Waals surface area contributed by atoms with Gasteiger partial charge < -0.3 is 4.74 Å². The van der Waals surface area contributed by atoms with Crippen LogP contribution in [0.2, 0.25) is 0 Å². The van der Waals surface area contributed by atoms with E-state index in [1.807, 2.05) is 49.4 Å². The Hall–Kier alpha value is -2.68. The summed E-state index contributed by atoms with van der Waals surface area (Å²) in [5.74, 6) is -0.671. The standard InChI is InChI=1S/C21H20O3/c1-15-5-2-3-6-16(15)11-12-21(23)24-14-20(22)19-10-9-17-7-4-8-18(17)13-19/h2-3,5-6,9-13H,4,7-8,14H2,1H3/b12-11+. The van der Waals surface area contributed by atoms with Gasteiger partial charge in [0.15, 0.2) is 12.4 Å². The van der Waals surface area contributed by atoms with Gasteiger partial charge in [0.2, 0.25) is 0 Å². The lowest BCUT2D eigenvalue weighted by atomic mass is 10.0. The number of benzene rings is 2. The van der Waals surface area contributed by atoms with E-state index in [0.717, 1.165) is 30.4 Å². The Morgan fingerprint density at radius 2 is 1.88 bits per heavy atom. The molecule has 0 aliphatic heterocycles. The molecule has 0 radical (unpaired) electrons. The van der Waals surface area contributed by atoms with Gasteiger partial charge in [0.05, 0.1) is 0 Å². The van der Waals surface area contributed by atoms with E-state index in [9.17, 15) is 9.59 Å². The lowest BCUT2D eigenvalue weighted by Gasteiger charge is -2.05. The normalized spacial score (nSPS) is 13.0. The molecule has 0 amide bonds. The lowest BCUT2D eigenvalue weighted by molar-refractivity contribution is -0.136. The summed E-state index contributed by atoms with van der Waals surface area (Å²) in [6, 6.07) is 13.5. The van der Waals surface area contributed by atoms with E-state index in [2.05, 4.69) is 0 Å². The van der Waals surface area contributed by atoms with Crippen molar-refractivity contribution in [2.75, 3.05) is 6.61 Å². The summed E-state index contributed by atoms with van der Waals surface area (Å²) in [6.45, 7) is 1.75. The summed E-state index contributed by atoms with van der Waals surface area (Å²) < 4.78 is 5.06. The molecule has 0 atom stereocenters. The highest BCUT2D eigenvalue weighted by atomic mass is 16.5. The maximum Gasteiger partial charge on any atom is 0.331 e. The van der Waals surface area contributed by atoms with Gasteiger partial charge in [-0.2, -0.15) is 0 Å². The molecular formula is C21H20O3. The Kier molecular flexibility index (Phi) is 4.90. The van der Waals surface area contributed by atoms with Gasteiger partial charge in [-0.1, -0.05) is 36.4 Å². The van der Waals surface area contributed by atoms with Crippen molar-refractivity contribution in [3.8, 4) is 0 Å². The van der Waals surface area contributed by atoms with E-state index in [1.165, 1.54) is 17.2 Å². The van der Waals surface area contributed by atoms with Crippen LogP contribution in [0.4, 0.5) is 0 Å². The molecule has 0 unspecified atom stereocenters. The van der Waals surface area contributed by atoms with E-state index >= 15 is 0 Å². The van der Waals surface area contributed by atoms with Crippen molar-refractivity contribution in [1.29, 1.82) is 0 Å².